The van der Waals surface area contributed by atoms with E-state index in [0.717, 1.165) is 6.54 Å². The Bertz CT molecular complexity index is 284. The van der Waals surface area contributed by atoms with Crippen LogP contribution >= 0.6 is 11.3 Å². The molecule has 72 valence electrons. The molecule has 13 heavy (non-hydrogen) atoms. The van der Waals surface area contributed by atoms with Crippen LogP contribution in [0, 0.1) is 0 Å². The molecule has 1 fully saturated rings. The molecule has 1 aromatic heterocycles. The Morgan fingerprint density at radius 2 is 2.38 bits per heavy atom. The standard InChI is InChI=1S/C11H17NS/c1-3-9-4-5-10(13-9)11(2)6-7-12-8-11/h4-5,12H,3,6-8H2,1-2H3. The van der Waals surface area contributed by atoms with Gasteiger partial charge in [-0.3, -0.25) is 0 Å². The molecule has 1 nitrogen and oxygen atoms in total. The highest BCUT2D eigenvalue weighted by molar-refractivity contribution is 7.12. The topological polar surface area (TPSA) is 12.0 Å². The summed E-state index contributed by atoms with van der Waals surface area (Å²) in [5.74, 6) is 0. The fourth-order valence-electron chi connectivity index (χ4n) is 1.92. The van der Waals surface area contributed by atoms with Gasteiger partial charge in [0.2, 0.25) is 0 Å². The quantitative estimate of drug-likeness (QED) is 0.765. The van der Waals surface area contributed by atoms with Gasteiger partial charge in [0.25, 0.3) is 0 Å². The Morgan fingerprint density at radius 3 is 2.92 bits per heavy atom. The summed E-state index contributed by atoms with van der Waals surface area (Å²) in [6.07, 6.45) is 2.46. The predicted octanol–water partition coefficient (Wildman–Crippen LogP) is 2.56. The molecule has 1 saturated heterocycles. The van der Waals surface area contributed by atoms with Gasteiger partial charge in [0.05, 0.1) is 0 Å². The normalized spacial score (nSPS) is 28.2. The van der Waals surface area contributed by atoms with Crippen LogP contribution in [0.5, 0.6) is 0 Å². The van der Waals surface area contributed by atoms with E-state index < -0.39 is 0 Å². The van der Waals surface area contributed by atoms with Crippen molar-refractivity contribution in [2.75, 3.05) is 13.1 Å². The molecule has 0 radical (unpaired) electrons. The van der Waals surface area contributed by atoms with Crippen LogP contribution in [-0.4, -0.2) is 13.1 Å². The van der Waals surface area contributed by atoms with Gasteiger partial charge in [-0.05, 0) is 31.5 Å². The van der Waals surface area contributed by atoms with Gasteiger partial charge in [0, 0.05) is 21.7 Å². The second kappa shape index (κ2) is 3.43. The van der Waals surface area contributed by atoms with E-state index in [1.165, 1.54) is 24.3 Å². The van der Waals surface area contributed by atoms with Crippen LogP contribution in [0.1, 0.15) is 30.0 Å². The Balaban J connectivity index is 2.23. The second-order valence-corrected chi connectivity index (χ2v) is 5.28. The molecule has 1 aliphatic heterocycles. The Hall–Kier alpha value is -0.340. The van der Waals surface area contributed by atoms with Crippen molar-refractivity contribution in [2.24, 2.45) is 0 Å². The molecule has 0 bridgehead atoms. The van der Waals surface area contributed by atoms with Gasteiger partial charge >= 0.3 is 0 Å². The molecule has 1 aliphatic rings. The van der Waals surface area contributed by atoms with Crippen LogP contribution in [0.25, 0.3) is 0 Å². The van der Waals surface area contributed by atoms with E-state index >= 15 is 0 Å². The van der Waals surface area contributed by atoms with Crippen LogP contribution in [0.3, 0.4) is 0 Å². The van der Waals surface area contributed by atoms with Crippen molar-refractivity contribution in [3.8, 4) is 0 Å². The first-order valence-electron chi connectivity index (χ1n) is 5.04. The molecular formula is C11H17NS. The monoisotopic (exact) mass is 195 g/mol. The fourth-order valence-corrected chi connectivity index (χ4v) is 3.04. The van der Waals surface area contributed by atoms with Gasteiger partial charge in [-0.1, -0.05) is 13.8 Å². The smallest absolute Gasteiger partial charge is 0.0156 e. The molecule has 2 heteroatoms. The van der Waals surface area contributed by atoms with Crippen LogP contribution < -0.4 is 5.32 Å². The van der Waals surface area contributed by atoms with E-state index in [2.05, 4.69) is 31.3 Å². The molecule has 1 N–H and O–H groups in total. The summed E-state index contributed by atoms with van der Waals surface area (Å²) >= 11 is 1.99. The van der Waals surface area contributed by atoms with Crippen LogP contribution in [0.15, 0.2) is 12.1 Å². The van der Waals surface area contributed by atoms with E-state index in [1.807, 2.05) is 11.3 Å². The third-order valence-electron chi connectivity index (χ3n) is 2.97. The molecule has 0 amide bonds. The first-order valence-corrected chi connectivity index (χ1v) is 5.86. The number of hydrogen-bond donors (Lipinski definition) is 1. The summed E-state index contributed by atoms with van der Waals surface area (Å²) in [4.78, 5) is 3.08. The molecular weight excluding hydrogens is 178 g/mol. The molecule has 0 aliphatic carbocycles. The lowest BCUT2D eigenvalue weighted by Crippen LogP contribution is -2.23. The third-order valence-corrected chi connectivity index (χ3v) is 4.51. The minimum absolute atomic E-state index is 0.415. The zero-order valence-electron chi connectivity index (χ0n) is 8.39. The molecule has 1 atom stereocenters. The maximum atomic E-state index is 3.45. The van der Waals surface area contributed by atoms with Crippen molar-refractivity contribution in [3.63, 3.8) is 0 Å². The number of nitrogens with one attached hydrogen (secondary N) is 1. The van der Waals surface area contributed by atoms with Gasteiger partial charge in [-0.15, -0.1) is 11.3 Å². The minimum atomic E-state index is 0.415. The largest absolute Gasteiger partial charge is 0.316 e. The van der Waals surface area contributed by atoms with Gasteiger partial charge in [-0.25, -0.2) is 0 Å². The molecule has 2 heterocycles. The molecule has 0 spiro atoms. The van der Waals surface area contributed by atoms with Crippen molar-refractivity contribution < 1.29 is 0 Å². The maximum absolute atomic E-state index is 3.45. The maximum Gasteiger partial charge on any atom is 0.0156 e. The Labute approximate surface area is 84.2 Å². The SMILES string of the molecule is CCc1ccc(C2(C)CCNC2)s1. The summed E-state index contributed by atoms with van der Waals surface area (Å²) in [5.41, 5.74) is 0.415. The van der Waals surface area contributed by atoms with Gasteiger partial charge in [0.1, 0.15) is 0 Å². The van der Waals surface area contributed by atoms with Gasteiger partial charge in [-0.2, -0.15) is 0 Å². The molecule has 2 rings (SSSR count). The van der Waals surface area contributed by atoms with E-state index in [0.29, 0.717) is 5.41 Å². The average Bonchev–Trinajstić information content (AvgIpc) is 2.72. The van der Waals surface area contributed by atoms with E-state index in [4.69, 9.17) is 0 Å². The zero-order valence-corrected chi connectivity index (χ0v) is 9.21. The van der Waals surface area contributed by atoms with Crippen molar-refractivity contribution in [3.05, 3.63) is 21.9 Å². The predicted molar refractivity (Wildman–Crippen MR) is 58.5 cm³/mol. The average molecular weight is 195 g/mol. The van der Waals surface area contributed by atoms with Gasteiger partial charge < -0.3 is 5.32 Å². The summed E-state index contributed by atoms with van der Waals surface area (Å²) in [6, 6.07) is 4.60. The lowest BCUT2D eigenvalue weighted by Gasteiger charge is -2.20. The first kappa shape index (κ1) is 9.22. The van der Waals surface area contributed by atoms with Crippen molar-refractivity contribution >= 4 is 11.3 Å². The summed E-state index contributed by atoms with van der Waals surface area (Å²) < 4.78 is 0. The Kier molecular flexibility index (Phi) is 2.43. The molecule has 0 aromatic carbocycles. The highest BCUT2D eigenvalue weighted by Crippen LogP contribution is 2.34. The summed E-state index contributed by atoms with van der Waals surface area (Å²) in [6.45, 7) is 6.93. The number of rotatable bonds is 2. The van der Waals surface area contributed by atoms with E-state index in [1.54, 1.807) is 4.88 Å². The molecule has 1 unspecified atom stereocenters. The lowest BCUT2D eigenvalue weighted by molar-refractivity contribution is 0.536. The van der Waals surface area contributed by atoms with Gasteiger partial charge in [0.15, 0.2) is 0 Å². The Morgan fingerprint density at radius 1 is 1.54 bits per heavy atom. The van der Waals surface area contributed by atoms with Crippen LogP contribution in [0.2, 0.25) is 0 Å². The first-order chi connectivity index (χ1) is 6.24. The highest BCUT2D eigenvalue weighted by Gasteiger charge is 2.31. The summed E-state index contributed by atoms with van der Waals surface area (Å²) in [5, 5.41) is 3.45. The number of aryl methyl sites for hydroxylation is 1. The second-order valence-electron chi connectivity index (χ2n) is 4.11. The van der Waals surface area contributed by atoms with Crippen molar-refractivity contribution in [1.29, 1.82) is 0 Å². The summed E-state index contributed by atoms with van der Waals surface area (Å²) in [7, 11) is 0. The van der Waals surface area contributed by atoms with E-state index in [-0.39, 0.29) is 0 Å². The van der Waals surface area contributed by atoms with E-state index in [9.17, 15) is 0 Å². The number of hydrogen-bond acceptors (Lipinski definition) is 2. The van der Waals surface area contributed by atoms with Crippen molar-refractivity contribution in [2.45, 2.75) is 32.1 Å². The minimum Gasteiger partial charge on any atom is -0.316 e. The zero-order chi connectivity index (χ0) is 9.31. The molecule has 1 aromatic rings. The molecule has 0 saturated carbocycles. The fraction of sp³-hybridized carbons (Fsp3) is 0.636. The third kappa shape index (κ3) is 1.65. The van der Waals surface area contributed by atoms with Crippen molar-refractivity contribution in [1.82, 2.24) is 5.32 Å². The lowest BCUT2D eigenvalue weighted by atomic mass is 9.88. The van der Waals surface area contributed by atoms with Crippen LogP contribution in [0.4, 0.5) is 0 Å². The number of thiophene rings is 1. The van der Waals surface area contributed by atoms with Crippen LogP contribution in [-0.2, 0) is 11.8 Å². The highest BCUT2D eigenvalue weighted by atomic mass is 32.1.